The van der Waals surface area contributed by atoms with Crippen molar-refractivity contribution in [3.8, 4) is 0 Å². The standard InChI is InChI=1S/C22H22N2O/c23-20-13-11-17(12-14-20)15-16-24-22(25)21(18-7-3-1-4-8-18)19-9-5-2-6-10-19/h1-14,21H,15-16,23H2,(H,24,25). The van der Waals surface area contributed by atoms with E-state index in [4.69, 9.17) is 5.73 Å². The van der Waals surface area contributed by atoms with Gasteiger partial charge in [0, 0.05) is 12.2 Å². The molecular formula is C22H22N2O. The number of rotatable bonds is 6. The summed E-state index contributed by atoms with van der Waals surface area (Å²) in [4.78, 5) is 12.9. The van der Waals surface area contributed by atoms with Crippen molar-refractivity contribution in [3.05, 3.63) is 102 Å². The Kier molecular flexibility index (Phi) is 5.47. The topological polar surface area (TPSA) is 55.1 Å². The van der Waals surface area contributed by atoms with Crippen molar-refractivity contribution in [3.63, 3.8) is 0 Å². The van der Waals surface area contributed by atoms with Gasteiger partial charge in [0.1, 0.15) is 0 Å². The smallest absolute Gasteiger partial charge is 0.232 e. The van der Waals surface area contributed by atoms with E-state index in [9.17, 15) is 4.79 Å². The SMILES string of the molecule is Nc1ccc(CCNC(=O)C(c2ccccc2)c2ccccc2)cc1. The average Bonchev–Trinajstić information content (AvgIpc) is 2.65. The highest BCUT2D eigenvalue weighted by atomic mass is 16.1. The van der Waals surface area contributed by atoms with Gasteiger partial charge in [-0.25, -0.2) is 0 Å². The summed E-state index contributed by atoms with van der Waals surface area (Å²) in [6.45, 7) is 0.596. The quantitative estimate of drug-likeness (QED) is 0.676. The molecule has 0 aliphatic heterocycles. The van der Waals surface area contributed by atoms with Gasteiger partial charge in [-0.15, -0.1) is 0 Å². The lowest BCUT2D eigenvalue weighted by atomic mass is 9.90. The van der Waals surface area contributed by atoms with E-state index >= 15 is 0 Å². The van der Waals surface area contributed by atoms with Crippen molar-refractivity contribution in [1.82, 2.24) is 5.32 Å². The second-order valence-corrected chi connectivity index (χ2v) is 6.04. The zero-order valence-electron chi connectivity index (χ0n) is 14.1. The molecule has 3 nitrogen and oxygen atoms in total. The van der Waals surface area contributed by atoms with Crippen LogP contribution in [0.5, 0.6) is 0 Å². The molecule has 0 aromatic heterocycles. The lowest BCUT2D eigenvalue weighted by Crippen LogP contribution is -2.31. The lowest BCUT2D eigenvalue weighted by molar-refractivity contribution is -0.121. The maximum absolute atomic E-state index is 12.9. The summed E-state index contributed by atoms with van der Waals surface area (Å²) in [5, 5.41) is 3.07. The Morgan fingerprint density at radius 2 is 1.32 bits per heavy atom. The van der Waals surface area contributed by atoms with Gasteiger partial charge in [-0.2, -0.15) is 0 Å². The van der Waals surface area contributed by atoms with Crippen LogP contribution in [0.3, 0.4) is 0 Å². The summed E-state index contributed by atoms with van der Waals surface area (Å²) < 4.78 is 0. The maximum Gasteiger partial charge on any atom is 0.232 e. The molecule has 3 rings (SSSR count). The van der Waals surface area contributed by atoms with Gasteiger partial charge in [-0.3, -0.25) is 4.79 Å². The maximum atomic E-state index is 12.9. The first-order chi connectivity index (χ1) is 12.2. The average molecular weight is 330 g/mol. The van der Waals surface area contributed by atoms with Crippen molar-refractivity contribution in [1.29, 1.82) is 0 Å². The fraction of sp³-hybridized carbons (Fsp3) is 0.136. The van der Waals surface area contributed by atoms with E-state index < -0.39 is 0 Å². The molecule has 1 amide bonds. The molecule has 3 aromatic rings. The van der Waals surface area contributed by atoms with Crippen LogP contribution in [-0.4, -0.2) is 12.5 Å². The van der Waals surface area contributed by atoms with Crippen LogP contribution in [0.2, 0.25) is 0 Å². The summed E-state index contributed by atoms with van der Waals surface area (Å²) in [6, 6.07) is 27.5. The number of carbonyl (C=O) groups excluding carboxylic acids is 1. The fourth-order valence-corrected chi connectivity index (χ4v) is 2.90. The van der Waals surface area contributed by atoms with E-state index in [0.717, 1.165) is 28.8 Å². The molecule has 0 heterocycles. The second kappa shape index (κ2) is 8.15. The normalized spacial score (nSPS) is 10.6. The van der Waals surface area contributed by atoms with Gasteiger partial charge in [-0.1, -0.05) is 72.8 Å². The van der Waals surface area contributed by atoms with Gasteiger partial charge >= 0.3 is 0 Å². The predicted octanol–water partition coefficient (Wildman–Crippen LogP) is 3.76. The van der Waals surface area contributed by atoms with Crippen LogP contribution in [0.4, 0.5) is 5.69 Å². The number of nitrogens with one attached hydrogen (secondary N) is 1. The third-order valence-electron chi connectivity index (χ3n) is 4.22. The summed E-state index contributed by atoms with van der Waals surface area (Å²) >= 11 is 0. The van der Waals surface area contributed by atoms with Gasteiger partial charge < -0.3 is 11.1 Å². The minimum atomic E-state index is -0.297. The Morgan fingerprint density at radius 1 is 0.800 bits per heavy atom. The molecule has 3 heteroatoms. The van der Waals surface area contributed by atoms with Crippen LogP contribution in [0, 0.1) is 0 Å². The minimum absolute atomic E-state index is 0.0212. The first-order valence-corrected chi connectivity index (χ1v) is 8.46. The van der Waals surface area contributed by atoms with Crippen LogP contribution < -0.4 is 11.1 Å². The van der Waals surface area contributed by atoms with E-state index in [2.05, 4.69) is 5.32 Å². The summed E-state index contributed by atoms with van der Waals surface area (Å²) in [6.07, 6.45) is 0.780. The van der Waals surface area contributed by atoms with Crippen LogP contribution in [0.15, 0.2) is 84.9 Å². The molecule has 0 aliphatic rings. The number of nitrogens with two attached hydrogens (primary N) is 1. The zero-order chi connectivity index (χ0) is 17.5. The molecule has 0 aliphatic carbocycles. The first kappa shape index (κ1) is 16.8. The lowest BCUT2D eigenvalue weighted by Gasteiger charge is -2.18. The van der Waals surface area contributed by atoms with Crippen LogP contribution >= 0.6 is 0 Å². The molecule has 0 bridgehead atoms. The number of carbonyl (C=O) groups is 1. The van der Waals surface area contributed by atoms with Gasteiger partial charge in [-0.05, 0) is 35.2 Å². The molecule has 0 spiro atoms. The molecule has 0 radical (unpaired) electrons. The molecular weight excluding hydrogens is 308 g/mol. The van der Waals surface area contributed by atoms with Crippen LogP contribution in [-0.2, 0) is 11.2 Å². The summed E-state index contributed by atoms with van der Waals surface area (Å²) in [7, 11) is 0. The van der Waals surface area contributed by atoms with E-state index in [1.54, 1.807) is 0 Å². The molecule has 0 saturated heterocycles. The van der Waals surface area contributed by atoms with Crippen molar-refractivity contribution >= 4 is 11.6 Å². The zero-order valence-corrected chi connectivity index (χ0v) is 14.1. The minimum Gasteiger partial charge on any atom is -0.399 e. The molecule has 0 fully saturated rings. The Bertz CT molecular complexity index is 759. The van der Waals surface area contributed by atoms with E-state index in [1.807, 2.05) is 84.9 Å². The molecule has 0 saturated carbocycles. The van der Waals surface area contributed by atoms with E-state index in [0.29, 0.717) is 6.54 Å². The van der Waals surface area contributed by atoms with Crippen molar-refractivity contribution in [2.24, 2.45) is 0 Å². The number of anilines is 1. The fourth-order valence-electron chi connectivity index (χ4n) is 2.90. The first-order valence-electron chi connectivity index (χ1n) is 8.46. The van der Waals surface area contributed by atoms with E-state index in [-0.39, 0.29) is 11.8 Å². The molecule has 126 valence electrons. The van der Waals surface area contributed by atoms with Crippen LogP contribution in [0.25, 0.3) is 0 Å². The summed E-state index contributed by atoms with van der Waals surface area (Å²) in [5.41, 5.74) is 9.61. The van der Waals surface area contributed by atoms with Crippen LogP contribution in [0.1, 0.15) is 22.6 Å². The Morgan fingerprint density at radius 3 is 1.84 bits per heavy atom. The highest BCUT2D eigenvalue weighted by Gasteiger charge is 2.21. The molecule has 3 aromatic carbocycles. The Hall–Kier alpha value is -3.07. The largest absolute Gasteiger partial charge is 0.399 e. The van der Waals surface area contributed by atoms with Crippen molar-refractivity contribution in [2.45, 2.75) is 12.3 Å². The molecule has 0 atom stereocenters. The molecule has 3 N–H and O–H groups in total. The van der Waals surface area contributed by atoms with E-state index in [1.165, 1.54) is 0 Å². The second-order valence-electron chi connectivity index (χ2n) is 6.04. The summed E-state index contributed by atoms with van der Waals surface area (Å²) in [5.74, 6) is -0.276. The number of amides is 1. The highest BCUT2D eigenvalue weighted by molar-refractivity contribution is 5.87. The van der Waals surface area contributed by atoms with Gasteiger partial charge in [0.25, 0.3) is 0 Å². The van der Waals surface area contributed by atoms with Crippen molar-refractivity contribution < 1.29 is 4.79 Å². The number of nitrogen functional groups attached to an aromatic ring is 1. The third-order valence-corrected chi connectivity index (χ3v) is 4.22. The van der Waals surface area contributed by atoms with Crippen molar-refractivity contribution in [2.75, 3.05) is 12.3 Å². The monoisotopic (exact) mass is 330 g/mol. The number of benzene rings is 3. The third kappa shape index (κ3) is 4.48. The predicted molar refractivity (Wildman–Crippen MR) is 102 cm³/mol. The Labute approximate surface area is 148 Å². The molecule has 0 unspecified atom stereocenters. The van der Waals surface area contributed by atoms with Gasteiger partial charge in [0.2, 0.25) is 5.91 Å². The van der Waals surface area contributed by atoms with Gasteiger partial charge in [0.05, 0.1) is 5.92 Å². The number of hydrogen-bond acceptors (Lipinski definition) is 2. The van der Waals surface area contributed by atoms with Gasteiger partial charge in [0.15, 0.2) is 0 Å². The molecule has 25 heavy (non-hydrogen) atoms. The highest BCUT2D eigenvalue weighted by Crippen LogP contribution is 2.24. The number of hydrogen-bond donors (Lipinski definition) is 2. The Balaban J connectivity index is 1.70.